The fraction of sp³-hybridized carbons (Fsp3) is 0.385. The minimum Gasteiger partial charge on any atom is -0.480 e. The van der Waals surface area contributed by atoms with E-state index < -0.39 is 12.1 Å². The highest BCUT2D eigenvalue weighted by molar-refractivity contribution is 14.1. The molecule has 0 fully saturated rings. The van der Waals surface area contributed by atoms with Crippen molar-refractivity contribution in [2.75, 3.05) is 0 Å². The summed E-state index contributed by atoms with van der Waals surface area (Å²) >= 11 is 2.02. The van der Waals surface area contributed by atoms with Gasteiger partial charge in [-0.15, -0.1) is 0 Å². The van der Waals surface area contributed by atoms with Crippen LogP contribution >= 0.6 is 22.6 Å². The third-order valence-electron chi connectivity index (χ3n) is 2.28. The van der Waals surface area contributed by atoms with E-state index in [1.54, 1.807) is 19.1 Å². The first-order valence-electron chi connectivity index (χ1n) is 5.81. The summed E-state index contributed by atoms with van der Waals surface area (Å²) in [5.41, 5.74) is 0.0519. The van der Waals surface area contributed by atoms with Crippen molar-refractivity contribution >= 4 is 34.5 Å². The molecule has 0 heterocycles. The molecule has 0 radical (unpaired) electrons. The predicted molar refractivity (Wildman–Crippen MR) is 79.5 cm³/mol. The number of carboxylic acids is 1. The maximum Gasteiger partial charge on any atom is 0.339 e. The van der Waals surface area contributed by atoms with Gasteiger partial charge in [0.1, 0.15) is 11.3 Å². The van der Waals surface area contributed by atoms with E-state index in [-0.39, 0.29) is 23.3 Å². The van der Waals surface area contributed by atoms with Crippen LogP contribution in [0.25, 0.3) is 0 Å². The largest absolute Gasteiger partial charge is 0.480 e. The molecule has 0 saturated carbocycles. The van der Waals surface area contributed by atoms with Gasteiger partial charge in [-0.1, -0.05) is 0 Å². The molecule has 0 aromatic heterocycles. The highest BCUT2D eigenvalue weighted by Gasteiger charge is 2.19. The Morgan fingerprint density at radius 2 is 1.95 bits per heavy atom. The monoisotopic (exact) mass is 377 g/mol. The van der Waals surface area contributed by atoms with Crippen LogP contribution in [0.1, 0.15) is 31.1 Å². The van der Waals surface area contributed by atoms with Crippen molar-refractivity contribution in [3.63, 3.8) is 0 Å². The van der Waals surface area contributed by atoms with Crippen LogP contribution in [0.3, 0.4) is 0 Å². The summed E-state index contributed by atoms with van der Waals surface area (Å²) < 4.78 is 6.22. The zero-order valence-corrected chi connectivity index (χ0v) is 13.1. The Morgan fingerprint density at radius 1 is 1.32 bits per heavy atom. The number of ether oxygens (including phenoxy) is 1. The maximum atomic E-state index is 11.7. The summed E-state index contributed by atoms with van der Waals surface area (Å²) in [5, 5.41) is 11.8. The van der Waals surface area contributed by atoms with Crippen molar-refractivity contribution in [1.29, 1.82) is 0 Å². The van der Waals surface area contributed by atoms with Gasteiger partial charge in [-0.05, 0) is 61.6 Å². The normalized spacial score (nSPS) is 12.1. The second-order valence-electron chi connectivity index (χ2n) is 4.37. The van der Waals surface area contributed by atoms with Crippen molar-refractivity contribution in [3.05, 3.63) is 27.3 Å². The molecule has 104 valence electrons. The summed E-state index contributed by atoms with van der Waals surface area (Å²) in [6.45, 7) is 5.28. The fourth-order valence-electron chi connectivity index (χ4n) is 1.42. The van der Waals surface area contributed by atoms with Gasteiger partial charge in [0.2, 0.25) is 0 Å². The molecule has 0 aliphatic rings. The lowest BCUT2D eigenvalue weighted by Gasteiger charge is -2.17. The zero-order chi connectivity index (χ0) is 14.6. The molecule has 5 nitrogen and oxygen atoms in total. The average Bonchev–Trinajstić information content (AvgIpc) is 2.30. The van der Waals surface area contributed by atoms with Gasteiger partial charge in [-0.2, -0.15) is 0 Å². The van der Waals surface area contributed by atoms with Crippen LogP contribution in [0.5, 0.6) is 5.75 Å². The number of carboxylic acid groups (broad SMARTS) is 1. The van der Waals surface area contributed by atoms with Crippen LogP contribution in [0.4, 0.5) is 0 Å². The molecule has 1 aromatic rings. The predicted octanol–water partition coefficient (Wildman–Crippen LogP) is 2.28. The molecule has 0 bridgehead atoms. The summed E-state index contributed by atoms with van der Waals surface area (Å²) in [7, 11) is 0. The topological polar surface area (TPSA) is 75.6 Å². The number of benzene rings is 1. The van der Waals surface area contributed by atoms with E-state index in [1.807, 2.05) is 36.4 Å². The summed E-state index contributed by atoms with van der Waals surface area (Å²) in [6.07, 6.45) is -0.749. The number of hydrogen-bond donors (Lipinski definition) is 2. The molecular weight excluding hydrogens is 361 g/mol. The van der Waals surface area contributed by atoms with Crippen LogP contribution in [0, 0.1) is 3.57 Å². The Kier molecular flexibility index (Phi) is 5.59. The average molecular weight is 377 g/mol. The number of halogens is 1. The number of carbonyl (C=O) groups excluding carboxylic acids is 1. The van der Waals surface area contributed by atoms with Crippen molar-refractivity contribution in [2.24, 2.45) is 0 Å². The lowest BCUT2D eigenvalue weighted by molar-refractivity contribution is -0.127. The molecule has 19 heavy (non-hydrogen) atoms. The molecule has 1 aromatic carbocycles. The highest BCUT2D eigenvalue weighted by Crippen LogP contribution is 2.22. The quantitative estimate of drug-likeness (QED) is 0.773. The molecule has 6 heteroatoms. The van der Waals surface area contributed by atoms with Gasteiger partial charge >= 0.3 is 5.97 Å². The number of rotatable bonds is 5. The number of nitrogens with one attached hydrogen (secondary N) is 1. The van der Waals surface area contributed by atoms with Crippen LogP contribution in [0.15, 0.2) is 18.2 Å². The first-order chi connectivity index (χ1) is 8.81. The van der Waals surface area contributed by atoms with E-state index in [2.05, 4.69) is 5.32 Å². The van der Waals surface area contributed by atoms with Gasteiger partial charge in [0, 0.05) is 9.61 Å². The minimum atomic E-state index is -1.08. The molecule has 1 unspecified atom stereocenters. The summed E-state index contributed by atoms with van der Waals surface area (Å²) in [5.74, 6) is -1.16. The molecule has 0 spiro atoms. The van der Waals surface area contributed by atoms with Crippen molar-refractivity contribution in [3.8, 4) is 5.75 Å². The van der Waals surface area contributed by atoms with E-state index in [0.717, 1.165) is 3.57 Å². The van der Waals surface area contributed by atoms with E-state index in [1.165, 1.54) is 6.07 Å². The van der Waals surface area contributed by atoms with Gasteiger partial charge < -0.3 is 15.2 Å². The SMILES string of the molecule is CC(C)NC(=O)C(C)Oc1ccc(I)cc1C(=O)O. The Hall–Kier alpha value is -1.31. The van der Waals surface area contributed by atoms with Gasteiger partial charge in [-0.25, -0.2) is 4.79 Å². The molecule has 0 saturated heterocycles. The summed E-state index contributed by atoms with van der Waals surface area (Å²) in [4.78, 5) is 22.8. The Morgan fingerprint density at radius 3 is 2.47 bits per heavy atom. The Labute approximate surface area is 125 Å². The van der Waals surface area contributed by atoms with Crippen LogP contribution in [-0.4, -0.2) is 29.1 Å². The molecule has 0 aliphatic heterocycles. The summed E-state index contributed by atoms with van der Waals surface area (Å²) in [6, 6.07) is 4.81. The third-order valence-corrected chi connectivity index (χ3v) is 2.95. The molecule has 0 aliphatic carbocycles. The van der Waals surface area contributed by atoms with E-state index in [4.69, 9.17) is 9.84 Å². The first kappa shape index (κ1) is 15.7. The number of carbonyl (C=O) groups is 2. The second kappa shape index (κ2) is 6.74. The van der Waals surface area contributed by atoms with Crippen molar-refractivity contribution in [1.82, 2.24) is 5.32 Å². The van der Waals surface area contributed by atoms with E-state index in [0.29, 0.717) is 0 Å². The third kappa shape index (κ3) is 4.70. The minimum absolute atomic E-state index is 0.00853. The smallest absolute Gasteiger partial charge is 0.339 e. The second-order valence-corrected chi connectivity index (χ2v) is 5.61. The van der Waals surface area contributed by atoms with Crippen LogP contribution in [-0.2, 0) is 4.79 Å². The number of aromatic carboxylic acids is 1. The standard InChI is InChI=1S/C13H16INO4/c1-7(2)15-12(16)8(3)19-11-5-4-9(14)6-10(11)13(17)18/h4-8H,1-3H3,(H,15,16)(H,17,18). The van der Waals surface area contributed by atoms with Crippen molar-refractivity contribution in [2.45, 2.75) is 32.9 Å². The first-order valence-corrected chi connectivity index (χ1v) is 6.89. The number of amides is 1. The van der Waals surface area contributed by atoms with Gasteiger partial charge in [0.25, 0.3) is 5.91 Å². The van der Waals surface area contributed by atoms with Crippen LogP contribution in [0.2, 0.25) is 0 Å². The lowest BCUT2D eigenvalue weighted by atomic mass is 10.2. The highest BCUT2D eigenvalue weighted by atomic mass is 127. The molecule has 1 atom stereocenters. The van der Waals surface area contributed by atoms with Gasteiger partial charge in [0.15, 0.2) is 6.10 Å². The van der Waals surface area contributed by atoms with Gasteiger partial charge in [-0.3, -0.25) is 4.79 Å². The van der Waals surface area contributed by atoms with Crippen molar-refractivity contribution < 1.29 is 19.4 Å². The maximum absolute atomic E-state index is 11.7. The zero-order valence-electron chi connectivity index (χ0n) is 10.9. The Balaban J connectivity index is 2.87. The fourth-order valence-corrected chi connectivity index (χ4v) is 1.91. The molecule has 1 rings (SSSR count). The van der Waals surface area contributed by atoms with Gasteiger partial charge in [0.05, 0.1) is 0 Å². The Bertz CT molecular complexity index is 488. The molecular formula is C13H16INO4. The molecule has 1 amide bonds. The van der Waals surface area contributed by atoms with E-state index >= 15 is 0 Å². The number of hydrogen-bond acceptors (Lipinski definition) is 3. The van der Waals surface area contributed by atoms with Crippen LogP contribution < -0.4 is 10.1 Å². The molecule has 2 N–H and O–H groups in total. The van der Waals surface area contributed by atoms with E-state index in [9.17, 15) is 9.59 Å². The lowest BCUT2D eigenvalue weighted by Crippen LogP contribution is -2.40.